The van der Waals surface area contributed by atoms with Crippen molar-refractivity contribution in [1.29, 1.82) is 0 Å². The maximum Gasteiger partial charge on any atom is 0.205 e. The van der Waals surface area contributed by atoms with Crippen LogP contribution in [0.4, 0.5) is 17.1 Å². The van der Waals surface area contributed by atoms with Crippen molar-refractivity contribution in [3.63, 3.8) is 0 Å². The zero-order chi connectivity index (χ0) is 51.3. The Morgan fingerprint density at radius 2 is 0.556 bits per heavy atom. The lowest BCUT2D eigenvalue weighted by Gasteiger charge is -2.26. The summed E-state index contributed by atoms with van der Waals surface area (Å²) in [4.78, 5) is 1.71. The minimum Gasteiger partial charge on any atom is -0.506 e. The molecule has 1 heterocycles. The summed E-state index contributed by atoms with van der Waals surface area (Å²) in [5.74, 6) is -21.2. The third-order valence-corrected chi connectivity index (χ3v) is 13.0. The van der Waals surface area contributed by atoms with E-state index >= 15 is 0 Å². The van der Waals surface area contributed by atoms with Crippen molar-refractivity contribution < 1.29 is 96.3 Å². The number of hydrogen-bond donors (Lipinski definition) is 18. The van der Waals surface area contributed by atoms with Crippen LogP contribution in [-0.2, 0) is 0 Å². The van der Waals surface area contributed by atoms with Gasteiger partial charge in [-0.25, -0.2) is 0 Å². The Bertz CT molecular complexity index is 4030. The summed E-state index contributed by atoms with van der Waals surface area (Å²) in [5.41, 5.74) is 1.51. The van der Waals surface area contributed by atoms with Crippen LogP contribution in [0.2, 0.25) is 0 Å². The first-order chi connectivity index (χ1) is 34.3. The average molecular weight is 976 g/mol. The molecule has 0 bridgehead atoms. The van der Waals surface area contributed by atoms with Gasteiger partial charge in [0, 0.05) is 71.3 Å². The lowest BCUT2D eigenvalue weighted by Crippen LogP contribution is -2.09. The highest BCUT2D eigenvalue weighted by atomic mass is 16.4. The highest BCUT2D eigenvalue weighted by Crippen LogP contribution is 2.64. The molecule has 0 saturated carbocycles. The molecule has 0 aliphatic rings. The second-order valence-corrected chi connectivity index (χ2v) is 16.7. The van der Waals surface area contributed by atoms with Gasteiger partial charge in [0.15, 0.2) is 46.0 Å². The first kappa shape index (κ1) is 43.8. The second kappa shape index (κ2) is 14.9. The van der Waals surface area contributed by atoms with Crippen molar-refractivity contribution >= 4 is 82.1 Å². The predicted octanol–water partition coefficient (Wildman–Crippen LogP) is 9.70. The molecular formula is C52H33NO19. The molecular weight excluding hydrogens is 943 g/mol. The minimum absolute atomic E-state index is 0.00521. The molecule has 0 aliphatic carbocycles. The summed E-state index contributed by atoms with van der Waals surface area (Å²) >= 11 is 0. The van der Waals surface area contributed by atoms with E-state index in [2.05, 4.69) is 0 Å². The largest absolute Gasteiger partial charge is 0.506 e. The Morgan fingerprint density at radius 1 is 0.250 bits per heavy atom. The summed E-state index contributed by atoms with van der Waals surface area (Å²) in [5, 5.41) is 193. The van der Waals surface area contributed by atoms with Crippen LogP contribution in [0.1, 0.15) is 0 Å². The number of anilines is 3. The molecule has 18 N–H and O–H groups in total. The standard InChI is InChI=1S/C52H33NO19/c54-35-25(27-29(39(58)47(66)45(64)37(27)56)31-33(35)43(62)51(70)49(68)41(31)60)16-5-9-18(10-6-16)53(20-13-14-24-22(15-20)21-3-1-2-4-23(21)72-24)19-11-7-17(8-12-19)26-28-30(40(59)48(67)46(65)38(28)57)32-34(36(26)55)44(63)52(71)50(69)42(32)61/h1-15,54-71H. The average Bonchev–Trinajstić information content (AvgIpc) is 3.76. The number of furan rings is 1. The Hall–Kier alpha value is -10.8. The van der Waals surface area contributed by atoms with Gasteiger partial charge in [0.05, 0.1) is 10.8 Å². The molecule has 11 rings (SSSR count). The number of phenolic OH excluding ortho intramolecular Hbond substituents is 18. The van der Waals surface area contributed by atoms with Gasteiger partial charge in [0.25, 0.3) is 0 Å². The third-order valence-electron chi connectivity index (χ3n) is 13.0. The molecule has 10 aromatic carbocycles. The normalized spacial score (nSPS) is 11.8. The highest BCUT2D eigenvalue weighted by molar-refractivity contribution is 6.28. The molecule has 1 aromatic heterocycles. The number of hydrogen-bond acceptors (Lipinski definition) is 20. The Labute approximate surface area is 399 Å². The number of nitrogens with zero attached hydrogens (tertiary/aromatic N) is 1. The first-order valence-corrected chi connectivity index (χ1v) is 21.1. The van der Waals surface area contributed by atoms with Crippen molar-refractivity contribution in [2.24, 2.45) is 0 Å². The lowest BCUT2D eigenvalue weighted by atomic mass is 9.89. The van der Waals surface area contributed by atoms with Gasteiger partial charge in [0.2, 0.25) is 46.0 Å². The van der Waals surface area contributed by atoms with Crippen LogP contribution in [0.15, 0.2) is 95.4 Å². The van der Waals surface area contributed by atoms with E-state index in [0.717, 1.165) is 5.39 Å². The van der Waals surface area contributed by atoms with Crippen LogP contribution >= 0.6 is 0 Å². The van der Waals surface area contributed by atoms with E-state index in [-0.39, 0.29) is 11.1 Å². The number of aromatic hydroxyl groups is 18. The quantitative estimate of drug-likeness (QED) is 0.0433. The molecule has 0 saturated heterocycles. The summed E-state index contributed by atoms with van der Waals surface area (Å²) in [6, 6.07) is 24.2. The van der Waals surface area contributed by atoms with Crippen LogP contribution in [-0.4, -0.2) is 91.9 Å². The number of fused-ring (bicyclic) bond motifs is 9. The third kappa shape index (κ3) is 5.61. The second-order valence-electron chi connectivity index (χ2n) is 16.7. The van der Waals surface area contributed by atoms with E-state index in [1.807, 2.05) is 18.2 Å². The predicted molar refractivity (Wildman–Crippen MR) is 259 cm³/mol. The van der Waals surface area contributed by atoms with Crippen molar-refractivity contribution in [1.82, 2.24) is 0 Å². The molecule has 72 heavy (non-hydrogen) atoms. The summed E-state index contributed by atoms with van der Waals surface area (Å²) < 4.78 is 6.07. The smallest absolute Gasteiger partial charge is 0.205 e. The summed E-state index contributed by atoms with van der Waals surface area (Å²) in [7, 11) is 0. The monoisotopic (exact) mass is 975 g/mol. The molecule has 0 unspecified atom stereocenters. The Balaban J connectivity index is 1.14. The summed E-state index contributed by atoms with van der Waals surface area (Å²) in [6.45, 7) is 0. The fraction of sp³-hybridized carbons (Fsp3) is 0. The molecule has 0 radical (unpaired) electrons. The van der Waals surface area contributed by atoms with Crippen molar-refractivity contribution in [2.75, 3.05) is 4.90 Å². The van der Waals surface area contributed by atoms with Crippen LogP contribution in [0.25, 0.3) is 87.3 Å². The Kier molecular flexibility index (Phi) is 9.04. The lowest BCUT2D eigenvalue weighted by molar-refractivity contribution is 0.348. The van der Waals surface area contributed by atoms with Gasteiger partial charge in [-0.1, -0.05) is 42.5 Å². The molecule has 20 nitrogen and oxygen atoms in total. The van der Waals surface area contributed by atoms with Gasteiger partial charge in [0.1, 0.15) is 22.7 Å². The van der Waals surface area contributed by atoms with Crippen LogP contribution in [0, 0.1) is 0 Å². The Morgan fingerprint density at radius 3 is 0.944 bits per heavy atom. The fourth-order valence-corrected chi connectivity index (χ4v) is 9.62. The molecule has 0 spiro atoms. The molecule has 0 amide bonds. The molecule has 0 atom stereocenters. The van der Waals surface area contributed by atoms with Crippen LogP contribution in [0.5, 0.6) is 103 Å². The molecule has 0 aliphatic heterocycles. The number of phenols is 18. The molecule has 0 fully saturated rings. The minimum atomic E-state index is -1.28. The van der Waals surface area contributed by atoms with Crippen molar-refractivity contribution in [2.45, 2.75) is 0 Å². The first-order valence-electron chi connectivity index (χ1n) is 21.1. The maximum absolute atomic E-state index is 11.8. The van der Waals surface area contributed by atoms with Gasteiger partial charge in [-0.05, 0) is 59.7 Å². The maximum atomic E-state index is 11.8. The van der Waals surface area contributed by atoms with Crippen LogP contribution in [0.3, 0.4) is 0 Å². The van der Waals surface area contributed by atoms with E-state index in [1.54, 1.807) is 29.2 Å². The fourth-order valence-electron chi connectivity index (χ4n) is 9.62. The van der Waals surface area contributed by atoms with E-state index in [0.29, 0.717) is 33.6 Å². The van der Waals surface area contributed by atoms with E-state index < -0.39 is 158 Å². The van der Waals surface area contributed by atoms with Gasteiger partial charge < -0.3 is 101 Å². The van der Waals surface area contributed by atoms with E-state index in [4.69, 9.17) is 4.42 Å². The van der Waals surface area contributed by atoms with Gasteiger partial charge in [-0.3, -0.25) is 0 Å². The molecule has 360 valence electrons. The zero-order valence-corrected chi connectivity index (χ0v) is 36.1. The topological polar surface area (TPSA) is 381 Å². The number of benzene rings is 10. The van der Waals surface area contributed by atoms with E-state index in [9.17, 15) is 91.9 Å². The zero-order valence-electron chi connectivity index (χ0n) is 36.1. The van der Waals surface area contributed by atoms with Crippen LogP contribution < -0.4 is 4.90 Å². The van der Waals surface area contributed by atoms with Gasteiger partial charge in [-0.2, -0.15) is 0 Å². The SMILES string of the molecule is Oc1c(O)c(O)c2c(c1O)c(O)c(-c1ccc(N(c3ccc(-c4c(O)c5c(O)c(O)c(O)c(O)c5c5c(O)c(O)c(O)c(O)c45)cc3)c3ccc4oc5ccccc5c4c3)cc1)c1c(O)c(O)c(O)c(O)c12. The van der Waals surface area contributed by atoms with E-state index in [1.165, 1.54) is 48.5 Å². The van der Waals surface area contributed by atoms with Gasteiger partial charge >= 0.3 is 0 Å². The molecule has 20 heteroatoms. The van der Waals surface area contributed by atoms with Crippen molar-refractivity contribution in [3.8, 4) is 126 Å². The van der Waals surface area contributed by atoms with Crippen molar-refractivity contribution in [3.05, 3.63) is 91.0 Å². The number of rotatable bonds is 5. The number of para-hydroxylation sites is 1. The summed E-state index contributed by atoms with van der Waals surface area (Å²) in [6.07, 6.45) is 0. The highest BCUT2D eigenvalue weighted by Gasteiger charge is 2.34. The molecule has 11 aromatic rings. The van der Waals surface area contributed by atoms with Gasteiger partial charge in [-0.15, -0.1) is 0 Å².